The number of ether oxygens (including phenoxy) is 1. The van der Waals surface area contributed by atoms with E-state index in [1.807, 2.05) is 6.20 Å². The molecule has 3 aliphatic rings. The van der Waals surface area contributed by atoms with Crippen LogP contribution >= 0.6 is 0 Å². The smallest absolute Gasteiger partial charge is 0.239 e. The number of nitrogens with one attached hydrogen (secondary N) is 1. The normalized spacial score (nSPS) is 19.2. The molecular formula is C22H22N4O2. The van der Waals surface area contributed by atoms with E-state index in [2.05, 4.69) is 45.6 Å². The van der Waals surface area contributed by atoms with Crippen LogP contribution in [0.1, 0.15) is 36.0 Å². The number of anilines is 1. The van der Waals surface area contributed by atoms with Gasteiger partial charge in [0, 0.05) is 17.4 Å². The number of carbonyl (C=O) groups excluding carboxylic acids is 1. The van der Waals surface area contributed by atoms with Gasteiger partial charge in [-0.2, -0.15) is 0 Å². The Bertz CT molecular complexity index is 1050. The number of methoxy groups -OCH3 is 1. The first-order chi connectivity index (χ1) is 13.6. The highest BCUT2D eigenvalue weighted by atomic mass is 16.5. The van der Waals surface area contributed by atoms with Gasteiger partial charge in [-0.15, -0.1) is 0 Å². The zero-order chi connectivity index (χ0) is 19.3. The molecule has 2 heterocycles. The Kier molecular flexibility index (Phi) is 3.75. The SMILES string of the molecule is COc1cc2c(cc1-c1cc3c(cn1)C=CC3)NC(=NCC(N)=O)C21CCC1. The second-order valence-corrected chi connectivity index (χ2v) is 7.66. The van der Waals surface area contributed by atoms with E-state index < -0.39 is 5.91 Å². The lowest BCUT2D eigenvalue weighted by Crippen LogP contribution is -2.41. The molecule has 1 aliphatic heterocycles. The van der Waals surface area contributed by atoms with Crippen molar-refractivity contribution < 1.29 is 9.53 Å². The van der Waals surface area contributed by atoms with E-state index in [0.717, 1.165) is 54.2 Å². The van der Waals surface area contributed by atoms with E-state index in [-0.39, 0.29) is 12.0 Å². The van der Waals surface area contributed by atoms with Gasteiger partial charge in [0.2, 0.25) is 5.91 Å². The van der Waals surface area contributed by atoms with Crippen LogP contribution in [0.2, 0.25) is 0 Å². The number of hydrogen-bond donors (Lipinski definition) is 2. The highest BCUT2D eigenvalue weighted by Crippen LogP contribution is 2.53. The summed E-state index contributed by atoms with van der Waals surface area (Å²) >= 11 is 0. The quantitative estimate of drug-likeness (QED) is 0.861. The molecule has 1 spiro atoms. The van der Waals surface area contributed by atoms with Crippen LogP contribution in [0.15, 0.2) is 35.5 Å². The summed E-state index contributed by atoms with van der Waals surface area (Å²) in [6.07, 6.45) is 10.3. The average Bonchev–Trinajstić information content (AvgIpc) is 3.25. The van der Waals surface area contributed by atoms with Crippen LogP contribution in [0.3, 0.4) is 0 Å². The number of fused-ring (bicyclic) bond motifs is 3. The Morgan fingerprint density at radius 2 is 2.21 bits per heavy atom. The maximum Gasteiger partial charge on any atom is 0.239 e. The third-order valence-corrected chi connectivity index (χ3v) is 6.10. The number of amidine groups is 1. The Balaban J connectivity index is 1.60. The molecule has 0 radical (unpaired) electrons. The molecule has 2 aliphatic carbocycles. The van der Waals surface area contributed by atoms with Crippen LogP contribution in [0.25, 0.3) is 17.3 Å². The average molecular weight is 374 g/mol. The fourth-order valence-electron chi connectivity index (χ4n) is 4.50. The number of carbonyl (C=O) groups is 1. The van der Waals surface area contributed by atoms with Crippen molar-refractivity contribution in [2.45, 2.75) is 31.1 Å². The van der Waals surface area contributed by atoms with Crippen molar-refractivity contribution >= 4 is 23.5 Å². The lowest BCUT2D eigenvalue weighted by Gasteiger charge is -2.38. The van der Waals surface area contributed by atoms with Crippen LogP contribution in [0, 0.1) is 0 Å². The lowest BCUT2D eigenvalue weighted by atomic mass is 9.64. The summed E-state index contributed by atoms with van der Waals surface area (Å²) in [7, 11) is 1.69. The van der Waals surface area contributed by atoms with E-state index in [9.17, 15) is 4.79 Å². The van der Waals surface area contributed by atoms with E-state index in [1.165, 1.54) is 16.7 Å². The number of benzene rings is 1. The van der Waals surface area contributed by atoms with Crippen LogP contribution in [-0.2, 0) is 16.6 Å². The van der Waals surface area contributed by atoms with Gasteiger partial charge in [0.15, 0.2) is 0 Å². The summed E-state index contributed by atoms with van der Waals surface area (Å²) < 4.78 is 5.74. The zero-order valence-corrected chi connectivity index (χ0v) is 15.8. The van der Waals surface area contributed by atoms with Crippen molar-refractivity contribution in [2.75, 3.05) is 19.0 Å². The third-order valence-electron chi connectivity index (χ3n) is 6.10. The number of pyridine rings is 1. The highest BCUT2D eigenvalue weighted by Gasteiger charge is 2.49. The summed E-state index contributed by atoms with van der Waals surface area (Å²) in [6.45, 7) is 0.00143. The first-order valence-corrected chi connectivity index (χ1v) is 9.59. The van der Waals surface area contributed by atoms with Gasteiger partial charge in [0.25, 0.3) is 0 Å². The van der Waals surface area contributed by atoms with E-state index in [4.69, 9.17) is 10.5 Å². The topological polar surface area (TPSA) is 89.6 Å². The Morgan fingerprint density at radius 1 is 1.36 bits per heavy atom. The van der Waals surface area contributed by atoms with Gasteiger partial charge in [-0.1, -0.05) is 18.6 Å². The van der Waals surface area contributed by atoms with Crippen molar-refractivity contribution in [1.82, 2.24) is 4.98 Å². The van der Waals surface area contributed by atoms with Crippen LogP contribution in [0.5, 0.6) is 5.75 Å². The summed E-state index contributed by atoms with van der Waals surface area (Å²) in [5.74, 6) is 1.23. The van der Waals surface area contributed by atoms with Gasteiger partial charge in [0.05, 0.1) is 18.2 Å². The predicted molar refractivity (Wildman–Crippen MR) is 110 cm³/mol. The van der Waals surface area contributed by atoms with E-state index in [1.54, 1.807) is 7.11 Å². The van der Waals surface area contributed by atoms with E-state index >= 15 is 0 Å². The van der Waals surface area contributed by atoms with Crippen LogP contribution in [0.4, 0.5) is 5.69 Å². The largest absolute Gasteiger partial charge is 0.496 e. The standard InChI is InChI=1S/C22H22N4O2/c1-28-19-10-16-18(26-21(25-12-20(23)27)22(16)6-3-7-22)9-15(19)17-8-13-4-2-5-14(13)11-24-17/h2,5,8-11H,3-4,6-7,12H2,1H3,(H2,23,27)(H,25,26). The van der Waals surface area contributed by atoms with Gasteiger partial charge in [-0.3, -0.25) is 14.8 Å². The number of amides is 1. The van der Waals surface area contributed by atoms with Gasteiger partial charge >= 0.3 is 0 Å². The first-order valence-electron chi connectivity index (χ1n) is 9.59. The first kappa shape index (κ1) is 17.0. The molecule has 0 unspecified atom stereocenters. The summed E-state index contributed by atoms with van der Waals surface area (Å²) in [5, 5.41) is 3.44. The number of nitrogens with two attached hydrogens (primary N) is 1. The molecule has 0 saturated heterocycles. The van der Waals surface area contributed by atoms with Crippen LogP contribution in [-0.4, -0.2) is 30.4 Å². The molecule has 2 aromatic rings. The minimum Gasteiger partial charge on any atom is -0.496 e. The molecule has 3 N–H and O–H groups in total. The minimum atomic E-state index is -0.422. The lowest BCUT2D eigenvalue weighted by molar-refractivity contribution is -0.116. The number of allylic oxidation sites excluding steroid dienone is 1. The molecule has 5 rings (SSSR count). The van der Waals surface area contributed by atoms with Gasteiger partial charge in [-0.05, 0) is 54.2 Å². The molecule has 0 atom stereocenters. The molecule has 6 heteroatoms. The number of primary amides is 1. The van der Waals surface area contributed by atoms with Gasteiger partial charge in [0.1, 0.15) is 18.1 Å². The number of aliphatic imine (C=N–C) groups is 1. The number of rotatable bonds is 4. The van der Waals surface area contributed by atoms with Crippen molar-refractivity contribution in [2.24, 2.45) is 10.7 Å². The Morgan fingerprint density at radius 3 is 2.93 bits per heavy atom. The molecule has 142 valence electrons. The van der Waals surface area contributed by atoms with Crippen molar-refractivity contribution in [3.05, 3.63) is 47.2 Å². The zero-order valence-electron chi connectivity index (χ0n) is 15.8. The molecule has 0 bridgehead atoms. The van der Waals surface area contributed by atoms with E-state index in [0.29, 0.717) is 0 Å². The third kappa shape index (κ3) is 2.44. The summed E-state index contributed by atoms with van der Waals surface area (Å²) in [4.78, 5) is 20.4. The number of hydrogen-bond acceptors (Lipinski definition) is 4. The fourth-order valence-corrected chi connectivity index (χ4v) is 4.50. The molecule has 1 aromatic carbocycles. The monoisotopic (exact) mass is 374 g/mol. The Hall–Kier alpha value is -3.15. The predicted octanol–water partition coefficient (Wildman–Crippen LogP) is 3.06. The second-order valence-electron chi connectivity index (χ2n) is 7.66. The Labute approximate surface area is 163 Å². The maximum atomic E-state index is 11.2. The molecule has 28 heavy (non-hydrogen) atoms. The molecular weight excluding hydrogens is 352 g/mol. The van der Waals surface area contributed by atoms with Gasteiger partial charge < -0.3 is 15.8 Å². The molecule has 1 amide bonds. The summed E-state index contributed by atoms with van der Waals surface area (Å²) in [6, 6.07) is 6.34. The highest BCUT2D eigenvalue weighted by molar-refractivity contribution is 6.11. The minimum absolute atomic E-state index is 0.00143. The van der Waals surface area contributed by atoms with Gasteiger partial charge in [-0.25, -0.2) is 0 Å². The van der Waals surface area contributed by atoms with Crippen LogP contribution < -0.4 is 15.8 Å². The number of aromatic nitrogens is 1. The molecule has 1 fully saturated rings. The van der Waals surface area contributed by atoms with Crippen molar-refractivity contribution in [3.63, 3.8) is 0 Å². The van der Waals surface area contributed by atoms with Crippen molar-refractivity contribution in [1.29, 1.82) is 0 Å². The molecule has 1 saturated carbocycles. The fraction of sp³-hybridized carbons (Fsp3) is 0.318. The molecule has 1 aromatic heterocycles. The maximum absolute atomic E-state index is 11.2. The van der Waals surface area contributed by atoms with Crippen molar-refractivity contribution in [3.8, 4) is 17.0 Å². The second kappa shape index (κ2) is 6.19. The molecule has 6 nitrogen and oxygen atoms in total. The summed E-state index contributed by atoms with van der Waals surface area (Å²) in [5.41, 5.74) is 11.7. The number of nitrogens with zero attached hydrogens (tertiary/aromatic N) is 2.